The molecule has 0 saturated heterocycles. The molecule has 0 saturated carbocycles. The zero-order chi connectivity index (χ0) is 14.0. The zero-order valence-corrected chi connectivity index (χ0v) is 11.7. The van der Waals surface area contributed by atoms with Crippen molar-refractivity contribution < 1.29 is 9.26 Å². The third kappa shape index (κ3) is 2.81. The van der Waals surface area contributed by atoms with Gasteiger partial charge < -0.3 is 19.9 Å². The van der Waals surface area contributed by atoms with Gasteiger partial charge in [-0.3, -0.25) is 0 Å². The van der Waals surface area contributed by atoms with Crippen molar-refractivity contribution in [1.82, 2.24) is 5.16 Å². The van der Waals surface area contributed by atoms with Crippen molar-refractivity contribution in [2.75, 3.05) is 24.8 Å². The standard InChI is InChI=1S/C14H19N3O2/c1-9-6-13(18-4)10(2)5-12(9)17(3)8-11-7-14(15)16-19-11/h5-7H,8H2,1-4H3,(H2,15,16). The van der Waals surface area contributed by atoms with Crippen LogP contribution >= 0.6 is 0 Å². The van der Waals surface area contributed by atoms with Crippen LogP contribution in [-0.4, -0.2) is 19.3 Å². The number of anilines is 2. The highest BCUT2D eigenvalue weighted by Gasteiger charge is 2.11. The summed E-state index contributed by atoms with van der Waals surface area (Å²) in [6, 6.07) is 5.88. The highest BCUT2D eigenvalue weighted by atomic mass is 16.5. The molecule has 102 valence electrons. The van der Waals surface area contributed by atoms with Crippen LogP contribution in [0.15, 0.2) is 22.7 Å². The summed E-state index contributed by atoms with van der Waals surface area (Å²) >= 11 is 0. The summed E-state index contributed by atoms with van der Waals surface area (Å²) in [4.78, 5) is 2.10. The van der Waals surface area contributed by atoms with Crippen molar-refractivity contribution in [2.24, 2.45) is 0 Å². The van der Waals surface area contributed by atoms with Gasteiger partial charge in [0, 0.05) is 18.8 Å². The fourth-order valence-electron chi connectivity index (χ4n) is 2.13. The van der Waals surface area contributed by atoms with Gasteiger partial charge in [0.2, 0.25) is 0 Å². The number of nitrogens with two attached hydrogens (primary N) is 1. The Morgan fingerprint density at radius 1 is 1.26 bits per heavy atom. The highest BCUT2D eigenvalue weighted by Crippen LogP contribution is 2.28. The number of ether oxygens (including phenoxy) is 1. The fourth-order valence-corrected chi connectivity index (χ4v) is 2.13. The summed E-state index contributed by atoms with van der Waals surface area (Å²) in [5, 5.41) is 3.69. The molecule has 0 radical (unpaired) electrons. The minimum absolute atomic E-state index is 0.408. The maximum Gasteiger partial charge on any atom is 0.167 e. The number of aryl methyl sites for hydroxylation is 2. The minimum Gasteiger partial charge on any atom is -0.496 e. The lowest BCUT2D eigenvalue weighted by Gasteiger charge is -2.21. The second-order valence-corrected chi connectivity index (χ2v) is 4.68. The number of rotatable bonds is 4. The Kier molecular flexibility index (Phi) is 3.64. The van der Waals surface area contributed by atoms with Crippen LogP contribution in [0.4, 0.5) is 11.5 Å². The predicted molar refractivity (Wildman–Crippen MR) is 75.5 cm³/mol. The molecule has 2 aromatic rings. The monoisotopic (exact) mass is 261 g/mol. The molecule has 2 N–H and O–H groups in total. The molecule has 0 aliphatic rings. The first kappa shape index (κ1) is 13.3. The van der Waals surface area contributed by atoms with E-state index in [4.69, 9.17) is 15.0 Å². The Morgan fingerprint density at radius 2 is 2.00 bits per heavy atom. The second-order valence-electron chi connectivity index (χ2n) is 4.68. The van der Waals surface area contributed by atoms with Gasteiger partial charge in [0.1, 0.15) is 5.75 Å². The Bertz CT molecular complexity index is 578. The summed E-state index contributed by atoms with van der Waals surface area (Å²) in [6.07, 6.45) is 0. The van der Waals surface area contributed by atoms with Crippen LogP contribution in [0.2, 0.25) is 0 Å². The molecular formula is C14H19N3O2. The van der Waals surface area contributed by atoms with Crippen molar-refractivity contribution in [3.63, 3.8) is 0 Å². The second kappa shape index (κ2) is 5.22. The Labute approximate surface area is 112 Å². The molecule has 0 aliphatic carbocycles. The van der Waals surface area contributed by atoms with Crippen LogP contribution in [0.1, 0.15) is 16.9 Å². The van der Waals surface area contributed by atoms with Gasteiger partial charge in [-0.15, -0.1) is 0 Å². The summed E-state index contributed by atoms with van der Waals surface area (Å²) < 4.78 is 10.4. The van der Waals surface area contributed by atoms with E-state index in [1.165, 1.54) is 0 Å². The van der Waals surface area contributed by atoms with E-state index in [2.05, 4.69) is 23.0 Å². The van der Waals surface area contributed by atoms with Gasteiger partial charge in [0.25, 0.3) is 0 Å². The third-order valence-corrected chi connectivity index (χ3v) is 3.09. The molecule has 0 aliphatic heterocycles. The number of aromatic nitrogens is 1. The first-order chi connectivity index (χ1) is 9.01. The number of hydrogen-bond donors (Lipinski definition) is 1. The number of nitrogens with zero attached hydrogens (tertiary/aromatic N) is 2. The molecule has 0 amide bonds. The van der Waals surface area contributed by atoms with Gasteiger partial charge in [0.15, 0.2) is 11.6 Å². The Hall–Kier alpha value is -2.17. The van der Waals surface area contributed by atoms with Crippen molar-refractivity contribution in [1.29, 1.82) is 0 Å². The first-order valence-electron chi connectivity index (χ1n) is 6.08. The Balaban J connectivity index is 2.23. The maximum atomic E-state index is 5.54. The zero-order valence-electron chi connectivity index (χ0n) is 11.7. The number of nitrogen functional groups attached to an aromatic ring is 1. The highest BCUT2D eigenvalue weighted by molar-refractivity contribution is 5.58. The van der Waals surface area contributed by atoms with E-state index in [-0.39, 0.29) is 0 Å². The lowest BCUT2D eigenvalue weighted by atomic mass is 10.1. The molecule has 5 heteroatoms. The van der Waals surface area contributed by atoms with Crippen LogP contribution in [0.3, 0.4) is 0 Å². The van der Waals surface area contributed by atoms with Crippen LogP contribution in [-0.2, 0) is 6.54 Å². The van der Waals surface area contributed by atoms with Crippen molar-refractivity contribution in [2.45, 2.75) is 20.4 Å². The van der Waals surface area contributed by atoms with E-state index < -0.39 is 0 Å². The van der Waals surface area contributed by atoms with Gasteiger partial charge in [-0.05, 0) is 37.1 Å². The molecule has 19 heavy (non-hydrogen) atoms. The average molecular weight is 261 g/mol. The molecule has 0 unspecified atom stereocenters. The SMILES string of the molecule is COc1cc(C)c(N(C)Cc2cc(N)no2)cc1C. The lowest BCUT2D eigenvalue weighted by molar-refractivity contribution is 0.385. The van der Waals surface area contributed by atoms with Crippen molar-refractivity contribution >= 4 is 11.5 Å². The predicted octanol–water partition coefficient (Wildman–Crippen LogP) is 2.52. The smallest absolute Gasteiger partial charge is 0.167 e. The van der Waals surface area contributed by atoms with Crippen LogP contribution in [0.25, 0.3) is 0 Å². The molecule has 0 fully saturated rings. The number of methoxy groups -OCH3 is 1. The molecule has 1 aromatic heterocycles. The van der Waals surface area contributed by atoms with E-state index >= 15 is 0 Å². The van der Waals surface area contributed by atoms with Crippen LogP contribution in [0.5, 0.6) is 5.75 Å². The van der Waals surface area contributed by atoms with Crippen LogP contribution in [0, 0.1) is 13.8 Å². The van der Waals surface area contributed by atoms with Crippen LogP contribution < -0.4 is 15.4 Å². The van der Waals surface area contributed by atoms with Gasteiger partial charge in [-0.2, -0.15) is 0 Å². The van der Waals surface area contributed by atoms with Gasteiger partial charge in [-0.1, -0.05) is 5.16 Å². The molecule has 1 heterocycles. The fraction of sp³-hybridized carbons (Fsp3) is 0.357. The normalized spacial score (nSPS) is 10.5. The third-order valence-electron chi connectivity index (χ3n) is 3.09. The summed E-state index contributed by atoms with van der Waals surface area (Å²) in [7, 11) is 3.69. The molecule has 0 spiro atoms. The molecule has 0 atom stereocenters. The number of hydrogen-bond acceptors (Lipinski definition) is 5. The maximum absolute atomic E-state index is 5.54. The van der Waals surface area contributed by atoms with E-state index in [0.29, 0.717) is 12.4 Å². The van der Waals surface area contributed by atoms with Gasteiger partial charge >= 0.3 is 0 Å². The van der Waals surface area contributed by atoms with Gasteiger partial charge in [0.05, 0.1) is 13.7 Å². The van der Waals surface area contributed by atoms with E-state index in [1.807, 2.05) is 20.0 Å². The van der Waals surface area contributed by atoms with E-state index in [9.17, 15) is 0 Å². The first-order valence-corrected chi connectivity index (χ1v) is 6.08. The summed E-state index contributed by atoms with van der Waals surface area (Å²) in [6.45, 7) is 4.71. The van der Waals surface area contributed by atoms with Gasteiger partial charge in [-0.25, -0.2) is 0 Å². The van der Waals surface area contributed by atoms with Crippen molar-refractivity contribution in [3.8, 4) is 5.75 Å². The average Bonchev–Trinajstić information content (AvgIpc) is 2.77. The Morgan fingerprint density at radius 3 is 2.58 bits per heavy atom. The topological polar surface area (TPSA) is 64.5 Å². The number of benzene rings is 1. The van der Waals surface area contributed by atoms with E-state index in [0.717, 1.165) is 28.3 Å². The summed E-state index contributed by atoms with van der Waals surface area (Å²) in [5.41, 5.74) is 8.93. The quantitative estimate of drug-likeness (QED) is 0.916. The molecule has 2 rings (SSSR count). The minimum atomic E-state index is 0.408. The molecule has 0 bridgehead atoms. The lowest BCUT2D eigenvalue weighted by Crippen LogP contribution is -2.17. The van der Waals surface area contributed by atoms with Crippen molar-refractivity contribution in [3.05, 3.63) is 35.1 Å². The molecule has 5 nitrogen and oxygen atoms in total. The largest absolute Gasteiger partial charge is 0.496 e. The molecule has 1 aromatic carbocycles. The summed E-state index contributed by atoms with van der Waals surface area (Å²) in [5.74, 6) is 2.05. The van der Waals surface area contributed by atoms with E-state index in [1.54, 1.807) is 13.2 Å². The molecular weight excluding hydrogens is 242 g/mol.